The molecule has 9 heteroatoms. The van der Waals surface area contributed by atoms with E-state index in [-0.39, 0.29) is 16.7 Å². The highest BCUT2D eigenvalue weighted by Crippen LogP contribution is 2.45. The van der Waals surface area contributed by atoms with E-state index >= 15 is 0 Å². The average molecular weight is 567 g/mol. The van der Waals surface area contributed by atoms with Crippen molar-refractivity contribution in [3.63, 3.8) is 0 Å². The van der Waals surface area contributed by atoms with E-state index in [4.69, 9.17) is 9.72 Å². The summed E-state index contributed by atoms with van der Waals surface area (Å²) in [4.78, 5) is 38.2. The number of amides is 1. The van der Waals surface area contributed by atoms with Gasteiger partial charge < -0.3 is 9.84 Å². The number of ether oxygens (including phenoxy) is 1. The number of benzene rings is 2. The van der Waals surface area contributed by atoms with E-state index in [1.54, 1.807) is 17.5 Å². The fraction of sp³-hybridized carbons (Fsp3) is 0.250. The van der Waals surface area contributed by atoms with Crippen molar-refractivity contribution in [3.8, 4) is 5.75 Å². The number of rotatable bonds is 5. The topological polar surface area (TPSA) is 97.0 Å². The Kier molecular flexibility index (Phi) is 6.42. The maximum atomic E-state index is 13.8. The zero-order chi connectivity index (χ0) is 29.1. The number of hydrogen-bond donors (Lipinski definition) is 1. The summed E-state index contributed by atoms with van der Waals surface area (Å²) in [6.45, 7) is 10.6. The Labute approximate surface area is 241 Å². The van der Waals surface area contributed by atoms with Crippen LogP contribution in [0.3, 0.4) is 0 Å². The maximum absolute atomic E-state index is 13.8. The average Bonchev–Trinajstić information content (AvgIpc) is 3.58. The van der Waals surface area contributed by atoms with Crippen LogP contribution in [0.1, 0.15) is 56.3 Å². The summed E-state index contributed by atoms with van der Waals surface area (Å²) in [7, 11) is 0. The van der Waals surface area contributed by atoms with E-state index in [9.17, 15) is 14.7 Å². The first kappa shape index (κ1) is 26.7. The Bertz CT molecular complexity index is 1860. The molecule has 5 aromatic rings. The third kappa shape index (κ3) is 4.46. The number of carbonyl (C=O) groups excluding carboxylic acids is 2. The van der Waals surface area contributed by atoms with E-state index in [0.717, 1.165) is 10.3 Å². The molecule has 8 nitrogen and oxygen atoms in total. The lowest BCUT2D eigenvalue weighted by Gasteiger charge is -2.24. The molecule has 1 aliphatic rings. The molecule has 1 aliphatic heterocycles. The Morgan fingerprint density at radius 2 is 1.80 bits per heavy atom. The Balaban J connectivity index is 1.57. The zero-order valence-electron chi connectivity index (χ0n) is 23.5. The molecule has 2 aromatic carbocycles. The first-order valence-corrected chi connectivity index (χ1v) is 14.3. The van der Waals surface area contributed by atoms with Crippen LogP contribution in [0.5, 0.6) is 5.75 Å². The number of thiazole rings is 1. The maximum Gasteiger partial charge on any atom is 0.301 e. The van der Waals surface area contributed by atoms with Crippen LogP contribution in [-0.4, -0.2) is 37.8 Å². The number of nitrogens with zero attached hydrogens (tertiary/aromatic N) is 4. The smallest absolute Gasteiger partial charge is 0.301 e. The quantitative estimate of drug-likeness (QED) is 0.147. The van der Waals surface area contributed by atoms with Crippen molar-refractivity contribution in [2.75, 3.05) is 11.5 Å². The lowest BCUT2D eigenvalue weighted by molar-refractivity contribution is -0.132. The molecule has 1 amide bonds. The van der Waals surface area contributed by atoms with Gasteiger partial charge in [-0.15, -0.1) is 0 Å². The van der Waals surface area contributed by atoms with Crippen molar-refractivity contribution in [1.29, 1.82) is 0 Å². The monoisotopic (exact) mass is 566 g/mol. The van der Waals surface area contributed by atoms with E-state index in [2.05, 4.69) is 25.8 Å². The highest BCUT2D eigenvalue weighted by molar-refractivity contribution is 7.22. The third-order valence-electron chi connectivity index (χ3n) is 7.33. The lowest BCUT2D eigenvalue weighted by atomic mass is 9.85. The van der Waals surface area contributed by atoms with Crippen molar-refractivity contribution >= 4 is 49.8 Å². The number of aliphatic hydroxyl groups is 1. The van der Waals surface area contributed by atoms with Gasteiger partial charge >= 0.3 is 5.91 Å². The van der Waals surface area contributed by atoms with Crippen molar-refractivity contribution in [3.05, 3.63) is 94.9 Å². The van der Waals surface area contributed by atoms with Gasteiger partial charge in [0.2, 0.25) is 0 Å². The third-order valence-corrected chi connectivity index (χ3v) is 8.35. The second kappa shape index (κ2) is 9.85. The molecule has 1 fully saturated rings. The summed E-state index contributed by atoms with van der Waals surface area (Å²) in [5.74, 6) is -1.08. The molecule has 1 N–H and O–H groups in total. The van der Waals surface area contributed by atoms with Gasteiger partial charge in [-0.05, 0) is 60.7 Å². The van der Waals surface area contributed by atoms with Gasteiger partial charge in [-0.2, -0.15) is 0 Å². The zero-order valence-corrected chi connectivity index (χ0v) is 24.3. The molecule has 0 bridgehead atoms. The predicted molar refractivity (Wildman–Crippen MR) is 161 cm³/mol. The number of aromatic nitrogens is 3. The van der Waals surface area contributed by atoms with Gasteiger partial charge in [0.25, 0.3) is 5.78 Å². The van der Waals surface area contributed by atoms with Crippen LogP contribution in [0, 0.1) is 6.92 Å². The van der Waals surface area contributed by atoms with Crippen molar-refractivity contribution in [1.82, 2.24) is 14.4 Å². The molecule has 0 radical (unpaired) electrons. The van der Waals surface area contributed by atoms with E-state index in [0.29, 0.717) is 45.6 Å². The number of imidazole rings is 1. The second-order valence-corrected chi connectivity index (χ2v) is 12.1. The highest BCUT2D eigenvalue weighted by Gasteiger charge is 2.48. The van der Waals surface area contributed by atoms with Crippen LogP contribution >= 0.6 is 11.3 Å². The Hall–Kier alpha value is -4.50. The van der Waals surface area contributed by atoms with Gasteiger partial charge in [0.05, 0.1) is 34.1 Å². The summed E-state index contributed by atoms with van der Waals surface area (Å²) in [6, 6.07) is 18.0. The first-order chi connectivity index (χ1) is 19.6. The van der Waals surface area contributed by atoms with Crippen LogP contribution in [0.25, 0.3) is 21.6 Å². The number of Topliss-reactive ketones (excluding diaryl/α,β-unsaturated/α-hetero) is 1. The SMILES string of the molecule is CCOc1ccc2nc(N3C(=O)C(=O)C(=C(O)c4c(C)nc5ccccn45)C3c3ccc(C(C)(C)C)cc3)sc2c1. The number of ketones is 1. The van der Waals surface area contributed by atoms with E-state index < -0.39 is 17.7 Å². The van der Waals surface area contributed by atoms with Crippen molar-refractivity contribution in [2.45, 2.75) is 46.1 Å². The standard InChI is InChI=1S/C32H30N4O4S/c1-6-40-21-14-15-22-23(17-21)41-31(34-22)36-27(19-10-12-20(13-11-19)32(3,4)5)25(29(38)30(36)39)28(37)26-18(2)33-24-9-7-8-16-35(24)26/h7-17,27,37H,6H2,1-5H3. The molecule has 41 heavy (non-hydrogen) atoms. The van der Waals surface area contributed by atoms with Crippen LogP contribution in [-0.2, 0) is 15.0 Å². The fourth-order valence-electron chi connectivity index (χ4n) is 5.29. The van der Waals surface area contributed by atoms with E-state index in [1.165, 1.54) is 16.2 Å². The van der Waals surface area contributed by atoms with Crippen LogP contribution < -0.4 is 9.64 Å². The second-order valence-electron chi connectivity index (χ2n) is 11.1. The summed E-state index contributed by atoms with van der Waals surface area (Å²) < 4.78 is 8.20. The molecule has 4 heterocycles. The Morgan fingerprint density at radius 3 is 2.51 bits per heavy atom. The number of anilines is 1. The molecular weight excluding hydrogens is 536 g/mol. The molecular formula is C32H30N4O4S. The van der Waals surface area contributed by atoms with Crippen LogP contribution in [0.15, 0.2) is 72.4 Å². The van der Waals surface area contributed by atoms with Gasteiger partial charge in [0.1, 0.15) is 17.1 Å². The molecule has 0 spiro atoms. The van der Waals surface area contributed by atoms with Crippen LogP contribution in [0.2, 0.25) is 0 Å². The van der Waals surface area contributed by atoms with Gasteiger partial charge in [-0.25, -0.2) is 9.97 Å². The van der Waals surface area contributed by atoms with Crippen LogP contribution in [0.4, 0.5) is 5.13 Å². The minimum atomic E-state index is -0.885. The number of aliphatic hydroxyl groups excluding tert-OH is 1. The lowest BCUT2D eigenvalue weighted by Crippen LogP contribution is -2.29. The van der Waals surface area contributed by atoms with Crippen molar-refractivity contribution < 1.29 is 19.4 Å². The summed E-state index contributed by atoms with van der Waals surface area (Å²) in [6.07, 6.45) is 1.77. The number of fused-ring (bicyclic) bond motifs is 2. The van der Waals surface area contributed by atoms with Gasteiger partial charge in [-0.3, -0.25) is 18.9 Å². The minimum Gasteiger partial charge on any atom is -0.505 e. The number of aryl methyl sites for hydroxylation is 1. The molecule has 1 saturated heterocycles. The normalized spacial score (nSPS) is 17.2. The molecule has 1 atom stereocenters. The molecule has 1 unspecified atom stereocenters. The number of pyridine rings is 1. The van der Waals surface area contributed by atoms with Gasteiger partial charge in [0.15, 0.2) is 10.9 Å². The summed E-state index contributed by atoms with van der Waals surface area (Å²) >= 11 is 1.30. The number of hydrogen-bond acceptors (Lipinski definition) is 7. The summed E-state index contributed by atoms with van der Waals surface area (Å²) in [5.41, 5.74) is 3.96. The molecule has 0 saturated carbocycles. The number of carbonyl (C=O) groups is 2. The molecule has 6 rings (SSSR count). The predicted octanol–water partition coefficient (Wildman–Crippen LogP) is 6.57. The van der Waals surface area contributed by atoms with Gasteiger partial charge in [0, 0.05) is 6.20 Å². The molecule has 3 aromatic heterocycles. The minimum absolute atomic E-state index is 0.00141. The van der Waals surface area contributed by atoms with Crippen molar-refractivity contribution in [2.24, 2.45) is 0 Å². The van der Waals surface area contributed by atoms with Gasteiger partial charge in [-0.1, -0.05) is 62.4 Å². The largest absolute Gasteiger partial charge is 0.505 e. The summed E-state index contributed by atoms with van der Waals surface area (Å²) in [5, 5.41) is 12.1. The Morgan fingerprint density at radius 1 is 1.05 bits per heavy atom. The highest BCUT2D eigenvalue weighted by atomic mass is 32.1. The first-order valence-electron chi connectivity index (χ1n) is 13.5. The molecule has 0 aliphatic carbocycles. The fourth-order valence-corrected chi connectivity index (χ4v) is 6.31. The molecule has 208 valence electrons. The van der Waals surface area contributed by atoms with E-state index in [1.807, 2.05) is 67.6 Å².